The molecule has 0 saturated heterocycles. The second kappa shape index (κ2) is 41.9. The summed E-state index contributed by atoms with van der Waals surface area (Å²) in [7, 11) is 0. The van der Waals surface area contributed by atoms with E-state index < -0.39 is 17.2 Å². The van der Waals surface area contributed by atoms with E-state index >= 15 is 0 Å². The zero-order valence-electron chi connectivity index (χ0n) is 59.8. The molecule has 0 bridgehead atoms. The molecule has 0 spiro atoms. The monoisotopic (exact) mass is 1700 g/mol. The Morgan fingerprint density at radius 2 is 0.780 bits per heavy atom. The van der Waals surface area contributed by atoms with Crippen molar-refractivity contribution in [1.82, 2.24) is 18.7 Å². The number of nitrogens with zero attached hydrogens (tertiary/aromatic N) is 3. The molecule has 4 aromatic heterocycles. The summed E-state index contributed by atoms with van der Waals surface area (Å²) in [5.74, 6) is 11.0. The number of halogens is 2. The average molecular weight is 1710 g/mol. The van der Waals surface area contributed by atoms with Gasteiger partial charge in [0.2, 0.25) is 0 Å². The summed E-state index contributed by atoms with van der Waals surface area (Å²) in [5, 5.41) is 23.7. The fourth-order valence-corrected chi connectivity index (χ4v) is 11.4. The van der Waals surface area contributed by atoms with Gasteiger partial charge in [-0.25, -0.2) is 14.4 Å². The molecule has 0 aliphatic heterocycles. The van der Waals surface area contributed by atoms with E-state index in [0.717, 1.165) is 69.4 Å². The van der Waals surface area contributed by atoms with Gasteiger partial charge in [-0.3, -0.25) is 24.0 Å². The number of esters is 2. The van der Waals surface area contributed by atoms with Gasteiger partial charge < -0.3 is 43.4 Å². The van der Waals surface area contributed by atoms with Crippen LogP contribution in [0.25, 0.3) is 43.1 Å². The second-order valence-corrected chi connectivity index (χ2v) is 28.0. The van der Waals surface area contributed by atoms with Crippen molar-refractivity contribution in [3.8, 4) is 23.7 Å². The van der Waals surface area contributed by atoms with Crippen molar-refractivity contribution in [2.75, 3.05) is 0 Å². The minimum absolute atomic E-state index is 0. The predicted molar refractivity (Wildman–Crippen MR) is 433 cm³/mol. The van der Waals surface area contributed by atoms with Gasteiger partial charge in [0, 0.05) is 79.2 Å². The molecule has 550 valence electrons. The number of carboxylic acids is 1. The van der Waals surface area contributed by atoms with Crippen LogP contribution in [0.4, 0.5) is 0 Å². The summed E-state index contributed by atoms with van der Waals surface area (Å²) in [6.07, 6.45) is 8.32. The summed E-state index contributed by atoms with van der Waals surface area (Å²) >= 11 is 6.72. The molecular formula is C89H81Br2CsN4O13. The zero-order chi connectivity index (χ0) is 75.9. The molecule has 0 saturated carbocycles. The van der Waals surface area contributed by atoms with E-state index in [0.29, 0.717) is 65.1 Å². The van der Waals surface area contributed by atoms with E-state index in [1.165, 1.54) is 0 Å². The maximum absolute atomic E-state index is 13.2. The van der Waals surface area contributed by atoms with E-state index in [1.54, 1.807) is 87.0 Å². The largest absolute Gasteiger partial charge is 1.00 e. The van der Waals surface area contributed by atoms with Crippen LogP contribution in [-0.2, 0) is 51.6 Å². The Morgan fingerprint density at radius 3 is 1.13 bits per heavy atom. The number of pyridine rings is 4. The first-order chi connectivity index (χ1) is 50.8. The van der Waals surface area contributed by atoms with Gasteiger partial charge in [-0.05, 0) is 200 Å². The first kappa shape index (κ1) is 87.7. The van der Waals surface area contributed by atoms with Crippen LogP contribution in [0.5, 0.6) is 0 Å². The van der Waals surface area contributed by atoms with Crippen molar-refractivity contribution in [2.45, 2.75) is 100 Å². The van der Waals surface area contributed by atoms with Crippen molar-refractivity contribution in [3.05, 3.63) is 361 Å². The number of H-pyrrole nitrogens is 1. The molecule has 0 aliphatic rings. The van der Waals surface area contributed by atoms with Gasteiger partial charge in [-0.1, -0.05) is 192 Å². The van der Waals surface area contributed by atoms with Crippen LogP contribution < -0.4 is 96.4 Å². The molecule has 0 amide bonds. The number of carbonyl (C=O) groups is 4. The molecule has 17 nitrogen and oxygen atoms in total. The number of rotatable bonds is 12. The topological polar surface area (TPSA) is 238 Å². The van der Waals surface area contributed by atoms with Crippen molar-refractivity contribution in [1.29, 1.82) is 0 Å². The number of hydrogen-bond donors (Lipinski definition) is 2. The van der Waals surface area contributed by atoms with Gasteiger partial charge in [0.25, 0.3) is 28.7 Å². The van der Waals surface area contributed by atoms with E-state index in [9.17, 15) is 33.6 Å². The smallest absolute Gasteiger partial charge is 0.662 e. The molecule has 109 heavy (non-hydrogen) atoms. The quantitative estimate of drug-likeness (QED) is 0.0381. The van der Waals surface area contributed by atoms with Crippen molar-refractivity contribution in [3.63, 3.8) is 0 Å². The fourth-order valence-electron chi connectivity index (χ4n) is 10.7. The molecule has 9 aromatic carbocycles. The van der Waals surface area contributed by atoms with Gasteiger partial charge in [0.05, 0.1) is 36.3 Å². The van der Waals surface area contributed by atoms with Crippen LogP contribution in [0.1, 0.15) is 126 Å². The van der Waals surface area contributed by atoms with E-state index in [2.05, 4.69) is 65.4 Å². The summed E-state index contributed by atoms with van der Waals surface area (Å²) < 4.78 is 17.5. The molecule has 0 aliphatic carbocycles. The number of carboxylic acid groups (broad SMARTS) is 1. The summed E-state index contributed by atoms with van der Waals surface area (Å²) in [4.78, 5) is 99.2. The van der Waals surface area contributed by atoms with E-state index in [4.69, 9.17) is 24.6 Å². The maximum atomic E-state index is 13.2. The minimum atomic E-state index is -0.967. The fraction of sp³-hybridized carbons (Fsp3) is 0.169. The van der Waals surface area contributed by atoms with Crippen LogP contribution >= 0.6 is 31.9 Å². The number of nitrogens with one attached hydrogen (secondary N) is 1. The van der Waals surface area contributed by atoms with Crippen molar-refractivity contribution < 1.29 is 113 Å². The standard InChI is InChI=1S/C30H27NO3.C26H19NO3.C21H20BrNO3.C9H6BrNO.CH2O3.2CH4.Cs/c1-30(2,3)34-29(33)26-16-13-24(14-17-26)21-31-19-18-25-15-12-23(20-27(25)28(31)32)11-7-10-22-8-5-4-6-9-22;28-25-24-17-20(8-4-7-19-5-2-1-3-6-19)9-12-22(24)15-16-27(25)18-21-10-13-23(14-11-21)26(29)30;1-21(2,3)26-20(25)16-6-4-14(5-7-16)13-23-11-10-15-8-9-17(22)12-18(15)19(23)24;10-7-2-1-6-3-4-11-9(12)8(6)5-7;2-1-4-3;;;/h4-6,8-9,12-20H,10,21H2,1-3H3;1-3,5-6,9-17H,7,18H2,(H,29,30);4-12H,13H2,1-3H3;1-5H,(H,11,12);1,3H;2*1H4;/q;;;;;;;+1/p-1. The molecular weight excluding hydrogens is 1630 g/mol. The van der Waals surface area contributed by atoms with Gasteiger partial charge in [-0.2, -0.15) is 0 Å². The molecule has 0 fully saturated rings. The summed E-state index contributed by atoms with van der Waals surface area (Å²) in [6.45, 7) is 12.1. The third-order valence-corrected chi connectivity index (χ3v) is 16.8. The number of aromatic carboxylic acids is 1. The number of benzene rings is 9. The number of fused-ring (bicyclic) bond motifs is 4. The van der Waals surface area contributed by atoms with E-state index in [1.807, 2.05) is 224 Å². The molecule has 0 unspecified atom stereocenters. The number of aromatic nitrogens is 4. The maximum Gasteiger partial charge on any atom is 1.00 e. The third-order valence-electron chi connectivity index (χ3n) is 15.8. The predicted octanol–water partition coefficient (Wildman–Crippen LogP) is 13.7. The Hall–Kier alpha value is -10.2. The number of aromatic amines is 1. The van der Waals surface area contributed by atoms with Gasteiger partial charge >= 0.3 is 86.8 Å². The molecule has 4 heterocycles. The second-order valence-electron chi connectivity index (χ2n) is 26.1. The Kier molecular flexibility index (Phi) is 33.7. The van der Waals surface area contributed by atoms with Crippen LogP contribution in [0, 0.1) is 23.7 Å². The van der Waals surface area contributed by atoms with Crippen LogP contribution in [0.3, 0.4) is 0 Å². The van der Waals surface area contributed by atoms with Crippen molar-refractivity contribution in [2.24, 2.45) is 0 Å². The SMILES string of the molecule is C.C.CC(C)(C)OC(=O)c1ccc(Cn2ccc3ccc(Br)cc3c2=O)cc1.CC(C)(C)OC(=O)c1ccc(Cn2ccc3ccc(C#CCc4ccccc4)cc3c2=O)cc1.O=C(O)c1ccc(Cn2ccc3ccc(C#CCc4ccccc4)cc3c2=O)cc1.O=CO[O-].O=c1[nH]ccc2ccc(Br)cc12.[Cs+]. The van der Waals surface area contributed by atoms with Crippen molar-refractivity contribution >= 4 is 99.3 Å². The summed E-state index contributed by atoms with van der Waals surface area (Å²) in [6, 6.07) is 71.3. The average Bonchev–Trinajstić information content (AvgIpc) is 0.809. The molecule has 2 N–H and O–H groups in total. The van der Waals surface area contributed by atoms with Gasteiger partial charge in [0.15, 0.2) is 0 Å². The number of carbonyl (C=O) groups excluding carboxylic acids is 3. The first-order valence-corrected chi connectivity index (χ1v) is 35.0. The first-order valence-electron chi connectivity index (χ1n) is 33.4. The molecule has 13 aromatic rings. The van der Waals surface area contributed by atoms with Crippen LogP contribution in [0.2, 0.25) is 0 Å². The van der Waals surface area contributed by atoms with E-state index in [-0.39, 0.29) is 130 Å². The van der Waals surface area contributed by atoms with Gasteiger partial charge in [-0.15, -0.1) is 0 Å². The number of hydrogen-bond acceptors (Lipinski definition) is 12. The minimum Gasteiger partial charge on any atom is -0.662 e. The Labute approximate surface area is 708 Å². The van der Waals surface area contributed by atoms with Crippen LogP contribution in [0.15, 0.2) is 283 Å². The molecule has 0 atom stereocenters. The normalized spacial score (nSPS) is 10.4. The third kappa shape index (κ3) is 26.6. The van der Waals surface area contributed by atoms with Gasteiger partial charge in [0.1, 0.15) is 11.2 Å². The molecule has 13 rings (SSSR count). The Balaban J connectivity index is 0.000000230. The Bertz CT molecular complexity index is 5690. The Morgan fingerprint density at radius 1 is 0.450 bits per heavy atom. The molecule has 0 radical (unpaired) electrons. The zero-order valence-corrected chi connectivity index (χ0v) is 69.3. The molecule has 20 heteroatoms. The number of ether oxygens (including phenoxy) is 2. The van der Waals surface area contributed by atoms with Crippen LogP contribution in [-0.4, -0.2) is 59.4 Å². The summed E-state index contributed by atoms with van der Waals surface area (Å²) in [5.41, 5.74) is 6.56.